The van der Waals surface area contributed by atoms with Crippen molar-refractivity contribution in [2.45, 2.75) is 31.8 Å². The fourth-order valence-electron chi connectivity index (χ4n) is 2.41. The summed E-state index contributed by atoms with van der Waals surface area (Å²) in [5.74, 6) is 0.983. The summed E-state index contributed by atoms with van der Waals surface area (Å²) in [5, 5.41) is 8.76. The normalized spacial score (nSPS) is 15.3. The van der Waals surface area contributed by atoms with Crippen molar-refractivity contribution >= 4 is 5.91 Å². The molecule has 0 aromatic heterocycles. The summed E-state index contributed by atoms with van der Waals surface area (Å²) < 4.78 is 5.90. The minimum atomic E-state index is 0.140. The Morgan fingerprint density at radius 3 is 2.62 bits per heavy atom. The number of nitriles is 1. The lowest BCUT2D eigenvalue weighted by Crippen LogP contribution is -2.41. The van der Waals surface area contributed by atoms with Crippen LogP contribution in [0, 0.1) is 11.3 Å². The molecule has 0 unspecified atom stereocenters. The van der Waals surface area contributed by atoms with Gasteiger partial charge in [0.25, 0.3) is 0 Å². The van der Waals surface area contributed by atoms with E-state index in [4.69, 9.17) is 10.00 Å². The van der Waals surface area contributed by atoms with Gasteiger partial charge in [-0.2, -0.15) is 5.26 Å². The molecule has 1 aliphatic rings. The second kappa shape index (κ2) is 7.49. The van der Waals surface area contributed by atoms with Crippen LogP contribution in [0.5, 0.6) is 5.75 Å². The van der Waals surface area contributed by atoms with Gasteiger partial charge in [-0.3, -0.25) is 4.79 Å². The largest absolute Gasteiger partial charge is 0.490 e. The maximum absolute atomic E-state index is 11.9. The highest BCUT2D eigenvalue weighted by Crippen LogP contribution is 2.20. The topological polar surface area (TPSA) is 53.3 Å². The molecule has 1 amide bonds. The molecule has 1 aromatic rings. The molecule has 0 atom stereocenters. The van der Waals surface area contributed by atoms with Gasteiger partial charge in [0.1, 0.15) is 11.9 Å². The molecular weight excluding hydrogens is 264 g/mol. The first kappa shape index (κ1) is 15.1. The standard InChI is InChI=1S/C17H20N2O2/c1-2-3-4-17(20)19-11-9-16(10-12-19)21-15-7-5-14(13-18)6-8-15/h2,5-8,16H,1,3-4,9-12H2. The molecule has 0 N–H and O–H groups in total. The number of hydrogen-bond acceptors (Lipinski definition) is 3. The van der Waals surface area contributed by atoms with Crippen molar-refractivity contribution < 1.29 is 9.53 Å². The third-order valence-corrected chi connectivity index (χ3v) is 3.64. The van der Waals surface area contributed by atoms with Crippen LogP contribution in [0.15, 0.2) is 36.9 Å². The number of allylic oxidation sites excluding steroid dienone is 1. The van der Waals surface area contributed by atoms with Gasteiger partial charge in [-0.1, -0.05) is 6.08 Å². The predicted molar refractivity (Wildman–Crippen MR) is 80.8 cm³/mol. The fourth-order valence-corrected chi connectivity index (χ4v) is 2.41. The van der Waals surface area contributed by atoms with Crippen molar-refractivity contribution in [2.24, 2.45) is 0 Å². The van der Waals surface area contributed by atoms with Crippen LogP contribution < -0.4 is 4.74 Å². The van der Waals surface area contributed by atoms with Crippen molar-refractivity contribution in [3.8, 4) is 11.8 Å². The molecule has 1 aromatic carbocycles. The lowest BCUT2D eigenvalue weighted by molar-refractivity contribution is -0.132. The number of nitrogens with zero attached hydrogens (tertiary/aromatic N) is 2. The zero-order valence-electron chi connectivity index (χ0n) is 12.1. The highest BCUT2D eigenvalue weighted by molar-refractivity contribution is 5.76. The lowest BCUT2D eigenvalue weighted by Gasteiger charge is -2.32. The van der Waals surface area contributed by atoms with Crippen LogP contribution in [0.25, 0.3) is 0 Å². The Morgan fingerprint density at radius 2 is 2.05 bits per heavy atom. The first-order chi connectivity index (χ1) is 10.2. The average Bonchev–Trinajstić information content (AvgIpc) is 2.54. The molecule has 2 rings (SSSR count). The third kappa shape index (κ3) is 4.35. The van der Waals surface area contributed by atoms with E-state index in [-0.39, 0.29) is 12.0 Å². The van der Waals surface area contributed by atoms with E-state index in [0.717, 1.165) is 38.1 Å². The molecule has 21 heavy (non-hydrogen) atoms. The zero-order chi connectivity index (χ0) is 15.1. The number of piperidine rings is 1. The first-order valence-electron chi connectivity index (χ1n) is 7.28. The van der Waals surface area contributed by atoms with Gasteiger partial charge in [0.15, 0.2) is 0 Å². The highest BCUT2D eigenvalue weighted by Gasteiger charge is 2.23. The minimum absolute atomic E-state index is 0.140. The van der Waals surface area contributed by atoms with Crippen molar-refractivity contribution in [3.05, 3.63) is 42.5 Å². The Bertz CT molecular complexity index is 523. The number of amides is 1. The van der Waals surface area contributed by atoms with Gasteiger partial charge in [-0.05, 0) is 30.7 Å². The molecule has 0 saturated carbocycles. The number of carbonyl (C=O) groups is 1. The Kier molecular flexibility index (Phi) is 5.39. The van der Waals surface area contributed by atoms with E-state index in [1.807, 2.05) is 17.0 Å². The SMILES string of the molecule is C=CCCC(=O)N1CCC(Oc2ccc(C#N)cc2)CC1. The summed E-state index contributed by atoms with van der Waals surface area (Å²) in [7, 11) is 0. The second-order valence-corrected chi connectivity index (χ2v) is 5.16. The maximum Gasteiger partial charge on any atom is 0.222 e. The molecule has 1 aliphatic heterocycles. The smallest absolute Gasteiger partial charge is 0.222 e. The number of benzene rings is 1. The molecule has 1 saturated heterocycles. The van der Waals surface area contributed by atoms with E-state index in [9.17, 15) is 4.79 Å². The minimum Gasteiger partial charge on any atom is -0.490 e. The van der Waals surface area contributed by atoms with E-state index >= 15 is 0 Å². The molecule has 0 radical (unpaired) electrons. The van der Waals surface area contributed by atoms with Crippen LogP contribution in [-0.2, 0) is 4.79 Å². The molecule has 110 valence electrons. The molecule has 0 aliphatic carbocycles. The molecular formula is C17H20N2O2. The molecule has 4 nitrogen and oxygen atoms in total. The van der Waals surface area contributed by atoms with E-state index < -0.39 is 0 Å². The fraction of sp³-hybridized carbons (Fsp3) is 0.412. The maximum atomic E-state index is 11.9. The highest BCUT2D eigenvalue weighted by atomic mass is 16.5. The van der Waals surface area contributed by atoms with Crippen molar-refractivity contribution in [2.75, 3.05) is 13.1 Å². The molecule has 1 heterocycles. The van der Waals surface area contributed by atoms with Gasteiger partial charge in [0.2, 0.25) is 5.91 Å². The van der Waals surface area contributed by atoms with Gasteiger partial charge in [0, 0.05) is 32.4 Å². The van der Waals surface area contributed by atoms with Crippen LogP contribution in [0.4, 0.5) is 0 Å². The number of hydrogen-bond donors (Lipinski definition) is 0. The molecule has 4 heteroatoms. The van der Waals surface area contributed by atoms with E-state index in [2.05, 4.69) is 12.6 Å². The molecule has 1 fully saturated rings. The predicted octanol–water partition coefficient (Wildman–Crippen LogP) is 2.89. The van der Waals surface area contributed by atoms with Crippen LogP contribution in [-0.4, -0.2) is 30.0 Å². The molecule has 0 spiro atoms. The number of likely N-dealkylation sites (tertiary alicyclic amines) is 1. The quantitative estimate of drug-likeness (QED) is 0.781. The Labute approximate surface area is 125 Å². The van der Waals surface area contributed by atoms with Gasteiger partial charge in [-0.15, -0.1) is 6.58 Å². The zero-order valence-corrected chi connectivity index (χ0v) is 12.1. The number of ether oxygens (including phenoxy) is 1. The van der Waals surface area contributed by atoms with Gasteiger partial charge >= 0.3 is 0 Å². The van der Waals surface area contributed by atoms with E-state index in [1.54, 1.807) is 18.2 Å². The van der Waals surface area contributed by atoms with Crippen molar-refractivity contribution in [3.63, 3.8) is 0 Å². The Balaban J connectivity index is 1.79. The molecule has 0 bridgehead atoms. The summed E-state index contributed by atoms with van der Waals surface area (Å²) in [4.78, 5) is 13.8. The summed E-state index contributed by atoms with van der Waals surface area (Å²) in [6.45, 7) is 5.13. The first-order valence-corrected chi connectivity index (χ1v) is 7.28. The Morgan fingerprint density at radius 1 is 1.38 bits per heavy atom. The van der Waals surface area contributed by atoms with Crippen LogP contribution in [0.3, 0.4) is 0 Å². The van der Waals surface area contributed by atoms with Crippen LogP contribution in [0.1, 0.15) is 31.2 Å². The van der Waals surface area contributed by atoms with Gasteiger partial charge < -0.3 is 9.64 Å². The summed E-state index contributed by atoms with van der Waals surface area (Å²) in [6, 6.07) is 9.23. The lowest BCUT2D eigenvalue weighted by atomic mass is 10.1. The monoisotopic (exact) mass is 284 g/mol. The van der Waals surface area contributed by atoms with Crippen molar-refractivity contribution in [1.82, 2.24) is 4.90 Å². The summed E-state index contributed by atoms with van der Waals surface area (Å²) >= 11 is 0. The average molecular weight is 284 g/mol. The van der Waals surface area contributed by atoms with Crippen LogP contribution in [0.2, 0.25) is 0 Å². The number of rotatable bonds is 5. The van der Waals surface area contributed by atoms with Crippen molar-refractivity contribution in [1.29, 1.82) is 5.26 Å². The third-order valence-electron chi connectivity index (χ3n) is 3.64. The summed E-state index contributed by atoms with van der Waals surface area (Å²) in [6.07, 6.45) is 4.89. The van der Waals surface area contributed by atoms with E-state index in [1.165, 1.54) is 0 Å². The van der Waals surface area contributed by atoms with Crippen LogP contribution >= 0.6 is 0 Å². The van der Waals surface area contributed by atoms with Gasteiger partial charge in [-0.25, -0.2) is 0 Å². The Hall–Kier alpha value is -2.28. The van der Waals surface area contributed by atoms with Gasteiger partial charge in [0.05, 0.1) is 11.6 Å². The van der Waals surface area contributed by atoms with E-state index in [0.29, 0.717) is 12.0 Å². The second-order valence-electron chi connectivity index (χ2n) is 5.16. The summed E-state index contributed by atoms with van der Waals surface area (Å²) in [5.41, 5.74) is 0.630. The number of carbonyl (C=O) groups excluding carboxylic acids is 1.